The van der Waals surface area contributed by atoms with Crippen LogP contribution < -0.4 is 10.3 Å². The topological polar surface area (TPSA) is 83.8 Å². The highest BCUT2D eigenvalue weighted by atomic mass is 19.3. The summed E-state index contributed by atoms with van der Waals surface area (Å²) in [5.41, 5.74) is 2.67. The van der Waals surface area contributed by atoms with Crippen LogP contribution in [0.4, 0.5) is 20.2 Å². The number of aryl methyl sites for hydroxylation is 1. The molecule has 3 aromatic carbocycles. The van der Waals surface area contributed by atoms with Crippen LogP contribution >= 0.6 is 0 Å². The van der Waals surface area contributed by atoms with Crippen LogP contribution in [-0.4, -0.2) is 28.0 Å². The zero-order valence-electron chi connectivity index (χ0n) is 21.6. The predicted octanol–water partition coefficient (Wildman–Crippen LogP) is 6.12. The molecule has 0 aliphatic carbocycles. The average Bonchev–Trinajstić information content (AvgIpc) is 3.47. The summed E-state index contributed by atoms with van der Waals surface area (Å²) in [5.74, 6) is -5.72. The number of benzene rings is 3. The van der Waals surface area contributed by atoms with E-state index in [1.54, 1.807) is 49.5 Å². The van der Waals surface area contributed by atoms with Crippen LogP contribution in [-0.2, 0) is 15.5 Å². The second-order valence-corrected chi connectivity index (χ2v) is 9.56. The van der Waals surface area contributed by atoms with Crippen molar-refractivity contribution in [1.82, 2.24) is 4.57 Å². The molecular weight excluding hydrogens is 502 g/mol. The fraction of sp³-hybridized carbons (Fsp3) is 0.200. The summed E-state index contributed by atoms with van der Waals surface area (Å²) in [7, 11) is 0. The molecule has 0 fully saturated rings. The average molecular weight is 529 g/mol. The molecule has 1 N–H and O–H groups in total. The summed E-state index contributed by atoms with van der Waals surface area (Å²) in [6, 6.07) is 19.6. The molecule has 0 spiro atoms. The maximum atomic E-state index is 14.1. The highest BCUT2D eigenvalue weighted by Crippen LogP contribution is 2.33. The second-order valence-electron chi connectivity index (χ2n) is 9.56. The van der Waals surface area contributed by atoms with E-state index >= 15 is 0 Å². The van der Waals surface area contributed by atoms with E-state index in [0.29, 0.717) is 16.8 Å². The molecule has 7 nitrogen and oxygen atoms in total. The van der Waals surface area contributed by atoms with Gasteiger partial charge < -0.3 is 5.32 Å². The van der Waals surface area contributed by atoms with Gasteiger partial charge in [-0.25, -0.2) is 8.78 Å². The number of nitrogens with zero attached hydrogens (tertiary/aromatic N) is 3. The van der Waals surface area contributed by atoms with Crippen molar-refractivity contribution in [2.45, 2.75) is 33.1 Å². The van der Waals surface area contributed by atoms with Crippen molar-refractivity contribution in [3.05, 3.63) is 95.7 Å². The van der Waals surface area contributed by atoms with Crippen molar-refractivity contribution < 1.29 is 23.2 Å². The smallest absolute Gasteiger partial charge is 0.273 e. The molecule has 0 saturated carbocycles. The monoisotopic (exact) mass is 528 g/mol. The minimum atomic E-state index is -3.03. The summed E-state index contributed by atoms with van der Waals surface area (Å²) in [5, 5.41) is 8.82. The Kier molecular flexibility index (Phi) is 6.59. The third kappa shape index (κ3) is 4.83. The summed E-state index contributed by atoms with van der Waals surface area (Å²) < 4.78 is 29.8. The number of amides is 2. The van der Waals surface area contributed by atoms with Gasteiger partial charge in [-0.3, -0.25) is 19.0 Å². The number of nitrogens with one attached hydrogen (secondary N) is 1. The lowest BCUT2D eigenvalue weighted by atomic mass is 10.0. The highest BCUT2D eigenvalue weighted by molar-refractivity contribution is 6.29. The van der Waals surface area contributed by atoms with E-state index in [9.17, 15) is 23.2 Å². The van der Waals surface area contributed by atoms with Gasteiger partial charge >= 0.3 is 0 Å². The summed E-state index contributed by atoms with van der Waals surface area (Å²) >= 11 is 0. The van der Waals surface area contributed by atoms with Crippen LogP contribution in [0.1, 0.15) is 41.8 Å². The van der Waals surface area contributed by atoms with Gasteiger partial charge in [-0.1, -0.05) is 42.8 Å². The van der Waals surface area contributed by atoms with Crippen LogP contribution in [0, 0.1) is 12.8 Å². The molecule has 0 radical (unpaired) electrons. The van der Waals surface area contributed by atoms with Crippen LogP contribution in [0.5, 0.6) is 0 Å². The van der Waals surface area contributed by atoms with Crippen molar-refractivity contribution in [3.63, 3.8) is 0 Å². The molecule has 2 amide bonds. The molecule has 0 saturated heterocycles. The highest BCUT2D eigenvalue weighted by Gasteiger charge is 2.40. The molecule has 2 heterocycles. The largest absolute Gasteiger partial charge is 0.325 e. The van der Waals surface area contributed by atoms with Crippen molar-refractivity contribution >= 4 is 45.7 Å². The molecule has 198 valence electrons. The number of halogens is 2. The number of hydrogen-bond acceptors (Lipinski definition) is 4. The standard InChI is InChI=1S/C30H26F2N4O3/c1-4-30(31,32)22-9-6-10-23(16-22)33-27(37)26-19(3)34-36(29(26)39)24-12-11-20-13-14-35(25(20)17-24)28(38)21-8-5-7-18(2)15-21/h5-17,26H,4H2,1-3H3,(H,33,37). The first kappa shape index (κ1) is 26.0. The van der Waals surface area contributed by atoms with Gasteiger partial charge in [-0.15, -0.1) is 0 Å². The number of aromatic nitrogens is 1. The molecule has 1 unspecified atom stereocenters. The van der Waals surface area contributed by atoms with Gasteiger partial charge in [0.05, 0.1) is 16.9 Å². The van der Waals surface area contributed by atoms with Crippen molar-refractivity contribution in [2.75, 3.05) is 10.3 Å². The van der Waals surface area contributed by atoms with E-state index in [1.807, 2.05) is 19.1 Å². The van der Waals surface area contributed by atoms with Crippen LogP contribution in [0.2, 0.25) is 0 Å². The number of fused-ring (bicyclic) bond motifs is 1. The molecule has 0 bridgehead atoms. The SMILES string of the molecule is CCC(F)(F)c1cccc(NC(=O)C2C(=O)N(c3ccc4ccn(C(=O)c5cccc(C)c5)c4c3)N=C2C)c1. The fourth-order valence-corrected chi connectivity index (χ4v) is 4.64. The predicted molar refractivity (Wildman–Crippen MR) is 146 cm³/mol. The lowest BCUT2D eigenvalue weighted by Gasteiger charge is -2.17. The Bertz CT molecular complexity index is 1660. The number of alkyl halides is 2. The molecule has 1 aliphatic rings. The van der Waals surface area contributed by atoms with Gasteiger partial charge in [0.25, 0.3) is 17.7 Å². The zero-order chi connectivity index (χ0) is 27.9. The van der Waals surface area contributed by atoms with E-state index < -0.39 is 23.7 Å². The number of carbonyl (C=O) groups excluding carboxylic acids is 3. The van der Waals surface area contributed by atoms with Crippen LogP contribution in [0.3, 0.4) is 0 Å². The molecule has 1 atom stereocenters. The van der Waals surface area contributed by atoms with Gasteiger partial charge in [0.1, 0.15) is 0 Å². The number of hydrazone groups is 1. The van der Waals surface area contributed by atoms with E-state index in [2.05, 4.69) is 10.4 Å². The Labute approximate surface area is 223 Å². The molecule has 5 rings (SSSR count). The van der Waals surface area contributed by atoms with Crippen molar-refractivity contribution in [1.29, 1.82) is 0 Å². The molecule has 1 aromatic heterocycles. The third-order valence-corrected chi connectivity index (χ3v) is 6.80. The van der Waals surface area contributed by atoms with Crippen molar-refractivity contribution in [2.24, 2.45) is 11.0 Å². The fourth-order valence-electron chi connectivity index (χ4n) is 4.64. The van der Waals surface area contributed by atoms with E-state index in [0.717, 1.165) is 16.0 Å². The molecular formula is C30H26F2N4O3. The number of anilines is 2. The van der Waals surface area contributed by atoms with Gasteiger partial charge in [0, 0.05) is 34.8 Å². The lowest BCUT2D eigenvalue weighted by molar-refractivity contribution is -0.127. The Morgan fingerprint density at radius 2 is 1.77 bits per heavy atom. The Hall–Kier alpha value is -4.66. The molecule has 4 aromatic rings. The van der Waals surface area contributed by atoms with Gasteiger partial charge in [-0.2, -0.15) is 10.1 Å². The zero-order valence-corrected chi connectivity index (χ0v) is 21.6. The molecule has 9 heteroatoms. The lowest BCUT2D eigenvalue weighted by Crippen LogP contribution is -2.36. The van der Waals surface area contributed by atoms with Gasteiger partial charge in [0.15, 0.2) is 5.92 Å². The molecule has 1 aliphatic heterocycles. The van der Waals surface area contributed by atoms with Crippen molar-refractivity contribution in [3.8, 4) is 0 Å². The summed E-state index contributed by atoms with van der Waals surface area (Å²) in [6.45, 7) is 4.85. The number of hydrogen-bond donors (Lipinski definition) is 1. The molecule has 39 heavy (non-hydrogen) atoms. The van der Waals surface area contributed by atoms with Gasteiger partial charge in [-0.05, 0) is 56.3 Å². The minimum Gasteiger partial charge on any atom is -0.325 e. The third-order valence-electron chi connectivity index (χ3n) is 6.80. The number of carbonyl (C=O) groups is 3. The Morgan fingerprint density at radius 1 is 1.00 bits per heavy atom. The normalized spacial score (nSPS) is 15.5. The summed E-state index contributed by atoms with van der Waals surface area (Å²) in [6.07, 6.45) is 1.29. The van der Waals surface area contributed by atoms with E-state index in [1.165, 1.54) is 35.8 Å². The summed E-state index contributed by atoms with van der Waals surface area (Å²) in [4.78, 5) is 39.6. The quantitative estimate of drug-likeness (QED) is 0.306. The maximum absolute atomic E-state index is 14.1. The van der Waals surface area contributed by atoms with Crippen LogP contribution in [0.15, 0.2) is 84.1 Å². The first-order valence-electron chi connectivity index (χ1n) is 12.5. The Morgan fingerprint density at radius 3 is 2.51 bits per heavy atom. The van der Waals surface area contributed by atoms with E-state index in [-0.39, 0.29) is 29.3 Å². The van der Waals surface area contributed by atoms with Crippen LogP contribution in [0.25, 0.3) is 10.9 Å². The second kappa shape index (κ2) is 9.90. The van der Waals surface area contributed by atoms with Gasteiger partial charge in [0.2, 0.25) is 5.91 Å². The minimum absolute atomic E-state index is 0.165. The van der Waals surface area contributed by atoms with E-state index in [4.69, 9.17) is 0 Å². The first-order chi connectivity index (χ1) is 18.6. The Balaban J connectivity index is 1.40. The number of rotatable bonds is 6. The first-order valence-corrected chi connectivity index (χ1v) is 12.5. The maximum Gasteiger partial charge on any atom is 0.273 e.